The van der Waals surface area contributed by atoms with Gasteiger partial charge in [0.1, 0.15) is 29.3 Å². The van der Waals surface area contributed by atoms with E-state index in [1.165, 1.54) is 28.6 Å². The average Bonchev–Trinajstić information content (AvgIpc) is 3.29. The van der Waals surface area contributed by atoms with Crippen LogP contribution in [0.4, 0.5) is 11.5 Å². The van der Waals surface area contributed by atoms with E-state index in [4.69, 9.17) is 15.7 Å². The van der Waals surface area contributed by atoms with E-state index >= 15 is 0 Å². The van der Waals surface area contributed by atoms with Gasteiger partial charge in [0, 0.05) is 17.2 Å². The van der Waals surface area contributed by atoms with Crippen molar-refractivity contribution in [3.63, 3.8) is 0 Å². The molecule has 2 heterocycles. The topological polar surface area (TPSA) is 171 Å². The number of nitrogens with one attached hydrogen (secondary N) is 1. The summed E-state index contributed by atoms with van der Waals surface area (Å²) < 4.78 is 7.34. The van der Waals surface area contributed by atoms with Crippen LogP contribution >= 0.6 is 0 Å². The summed E-state index contributed by atoms with van der Waals surface area (Å²) in [5.74, 6) is 0.680. The lowest BCUT2D eigenvalue weighted by Crippen LogP contribution is -2.19. The molecule has 37 heavy (non-hydrogen) atoms. The van der Waals surface area contributed by atoms with Crippen LogP contribution in [0.15, 0.2) is 79.1 Å². The van der Waals surface area contributed by atoms with Gasteiger partial charge >= 0.3 is 0 Å². The SMILES string of the molecule is Nc1ncnc2c1c(-c1ccc(Oc3ccccc3)cc1)nn2Cc1ccc(C(=O)NO)cc1[N+](=O)[O-]. The van der Waals surface area contributed by atoms with Crippen molar-refractivity contribution >= 4 is 28.4 Å². The minimum Gasteiger partial charge on any atom is -0.457 e. The number of nitrogens with two attached hydrogens (primary N) is 1. The Bertz CT molecular complexity index is 1620. The molecule has 2 aromatic heterocycles. The van der Waals surface area contributed by atoms with E-state index in [2.05, 4.69) is 15.1 Å². The number of para-hydroxylation sites is 1. The molecule has 12 heteroatoms. The van der Waals surface area contributed by atoms with Crippen molar-refractivity contribution in [3.8, 4) is 22.8 Å². The molecule has 0 saturated heterocycles. The van der Waals surface area contributed by atoms with Gasteiger partial charge in [-0.15, -0.1) is 0 Å². The molecule has 0 radical (unpaired) electrons. The number of ether oxygens (including phenoxy) is 1. The summed E-state index contributed by atoms with van der Waals surface area (Å²) in [5.41, 5.74) is 9.15. The lowest BCUT2D eigenvalue weighted by atomic mass is 10.1. The van der Waals surface area contributed by atoms with Crippen LogP contribution in [0.3, 0.4) is 0 Å². The Labute approximate surface area is 209 Å². The molecule has 4 N–H and O–H groups in total. The third kappa shape index (κ3) is 4.63. The van der Waals surface area contributed by atoms with E-state index in [1.807, 2.05) is 42.5 Å². The number of carbonyl (C=O) groups excluding carboxylic acids is 1. The number of hydrogen-bond acceptors (Lipinski definition) is 9. The molecular formula is C25H19N7O5. The van der Waals surface area contributed by atoms with Crippen molar-refractivity contribution < 1.29 is 19.7 Å². The first-order chi connectivity index (χ1) is 17.9. The molecule has 0 aliphatic heterocycles. The molecule has 0 aliphatic carbocycles. The van der Waals surface area contributed by atoms with Gasteiger partial charge < -0.3 is 10.5 Å². The van der Waals surface area contributed by atoms with Gasteiger partial charge in [0.25, 0.3) is 11.6 Å². The fourth-order valence-electron chi connectivity index (χ4n) is 3.88. The van der Waals surface area contributed by atoms with Crippen LogP contribution in [0.25, 0.3) is 22.3 Å². The van der Waals surface area contributed by atoms with Crippen molar-refractivity contribution in [3.05, 3.63) is 100 Å². The quantitative estimate of drug-likeness (QED) is 0.171. The van der Waals surface area contributed by atoms with E-state index < -0.39 is 10.8 Å². The van der Waals surface area contributed by atoms with Crippen LogP contribution in [0.2, 0.25) is 0 Å². The molecule has 0 atom stereocenters. The normalized spacial score (nSPS) is 10.8. The highest BCUT2D eigenvalue weighted by Crippen LogP contribution is 2.33. The van der Waals surface area contributed by atoms with Crippen LogP contribution < -0.4 is 16.0 Å². The van der Waals surface area contributed by atoms with Crippen molar-refractivity contribution in [1.82, 2.24) is 25.2 Å². The van der Waals surface area contributed by atoms with E-state index in [0.29, 0.717) is 28.2 Å². The second-order valence-corrected chi connectivity index (χ2v) is 7.94. The number of nitrogens with zero attached hydrogens (tertiary/aromatic N) is 5. The lowest BCUT2D eigenvalue weighted by molar-refractivity contribution is -0.385. The summed E-state index contributed by atoms with van der Waals surface area (Å²) in [6, 6.07) is 20.5. The van der Waals surface area contributed by atoms with Gasteiger partial charge in [-0.05, 0) is 48.5 Å². The fraction of sp³-hybridized carbons (Fsp3) is 0.0400. The van der Waals surface area contributed by atoms with Gasteiger partial charge in [-0.2, -0.15) is 5.10 Å². The van der Waals surface area contributed by atoms with Crippen LogP contribution in [-0.4, -0.2) is 35.8 Å². The second-order valence-electron chi connectivity index (χ2n) is 7.94. The van der Waals surface area contributed by atoms with Gasteiger partial charge in [-0.1, -0.05) is 18.2 Å². The Morgan fingerprint density at radius 1 is 1.05 bits per heavy atom. The molecule has 0 aliphatic rings. The van der Waals surface area contributed by atoms with Crippen molar-refractivity contribution in [2.24, 2.45) is 0 Å². The number of carbonyl (C=O) groups is 1. The monoisotopic (exact) mass is 497 g/mol. The molecular weight excluding hydrogens is 478 g/mol. The summed E-state index contributed by atoms with van der Waals surface area (Å²) in [6.45, 7) is -0.0283. The Hall–Kier alpha value is -5.36. The van der Waals surface area contributed by atoms with Gasteiger partial charge in [-0.3, -0.25) is 20.1 Å². The zero-order valence-electron chi connectivity index (χ0n) is 19.1. The summed E-state index contributed by atoms with van der Waals surface area (Å²) in [6.07, 6.45) is 1.29. The smallest absolute Gasteiger partial charge is 0.275 e. The lowest BCUT2D eigenvalue weighted by Gasteiger charge is -2.07. The maximum Gasteiger partial charge on any atom is 0.275 e. The third-order valence-corrected chi connectivity index (χ3v) is 5.63. The summed E-state index contributed by atoms with van der Waals surface area (Å²) in [7, 11) is 0. The van der Waals surface area contributed by atoms with Gasteiger partial charge in [0.15, 0.2) is 5.65 Å². The highest BCUT2D eigenvalue weighted by Gasteiger charge is 2.22. The highest BCUT2D eigenvalue weighted by atomic mass is 16.6. The number of rotatable bonds is 7. The molecule has 0 spiro atoms. The van der Waals surface area contributed by atoms with Gasteiger partial charge in [0.05, 0.1) is 22.4 Å². The van der Waals surface area contributed by atoms with E-state index in [1.54, 1.807) is 12.1 Å². The van der Waals surface area contributed by atoms with Crippen molar-refractivity contribution in [2.45, 2.75) is 6.54 Å². The van der Waals surface area contributed by atoms with Crippen LogP contribution in [0.1, 0.15) is 15.9 Å². The average molecular weight is 497 g/mol. The van der Waals surface area contributed by atoms with E-state index in [-0.39, 0.29) is 29.2 Å². The maximum absolute atomic E-state index is 11.7. The molecule has 0 bridgehead atoms. The van der Waals surface area contributed by atoms with Crippen molar-refractivity contribution in [1.29, 1.82) is 0 Å². The van der Waals surface area contributed by atoms with Crippen LogP contribution in [-0.2, 0) is 6.54 Å². The summed E-state index contributed by atoms with van der Waals surface area (Å²) in [5, 5.41) is 25.7. The molecule has 3 aromatic carbocycles. The number of hydrogen-bond donors (Lipinski definition) is 3. The Morgan fingerprint density at radius 2 is 1.78 bits per heavy atom. The van der Waals surface area contributed by atoms with Gasteiger partial charge in [0.2, 0.25) is 0 Å². The first kappa shape index (κ1) is 23.4. The Balaban J connectivity index is 1.53. The van der Waals surface area contributed by atoms with Crippen molar-refractivity contribution in [2.75, 3.05) is 5.73 Å². The fourth-order valence-corrected chi connectivity index (χ4v) is 3.88. The zero-order valence-corrected chi connectivity index (χ0v) is 19.1. The number of nitro groups is 1. The Kier molecular flexibility index (Phi) is 6.14. The number of fused-ring (bicyclic) bond motifs is 1. The first-order valence-corrected chi connectivity index (χ1v) is 11.0. The highest BCUT2D eigenvalue weighted by molar-refractivity contribution is 5.98. The number of amides is 1. The number of nitrogen functional groups attached to an aromatic ring is 1. The van der Waals surface area contributed by atoms with E-state index in [0.717, 1.165) is 11.6 Å². The largest absolute Gasteiger partial charge is 0.457 e. The predicted octanol–water partition coefficient (Wildman–Crippen LogP) is 3.94. The van der Waals surface area contributed by atoms with Crippen LogP contribution in [0.5, 0.6) is 11.5 Å². The van der Waals surface area contributed by atoms with Crippen LogP contribution in [0, 0.1) is 10.1 Å². The minimum absolute atomic E-state index is 0.0283. The number of anilines is 1. The maximum atomic E-state index is 11.7. The number of nitro benzene ring substituents is 1. The molecule has 12 nitrogen and oxygen atoms in total. The minimum atomic E-state index is -0.860. The molecule has 184 valence electrons. The number of aromatic nitrogens is 4. The number of benzene rings is 3. The Morgan fingerprint density at radius 3 is 2.49 bits per heavy atom. The molecule has 5 rings (SSSR count). The molecule has 0 saturated carbocycles. The molecule has 1 amide bonds. The third-order valence-electron chi connectivity index (χ3n) is 5.63. The summed E-state index contributed by atoms with van der Waals surface area (Å²) in [4.78, 5) is 31.2. The zero-order chi connectivity index (χ0) is 25.9. The van der Waals surface area contributed by atoms with E-state index in [9.17, 15) is 14.9 Å². The molecule has 0 unspecified atom stereocenters. The number of hydroxylamine groups is 1. The molecule has 5 aromatic rings. The van der Waals surface area contributed by atoms with Gasteiger partial charge in [-0.25, -0.2) is 20.1 Å². The standard InChI is InChI=1S/C25H19N7O5/c26-23-21-22(15-8-10-19(11-9-15)37-18-4-2-1-3-5-18)29-31(24(21)28-14-27-23)13-17-7-6-16(25(33)30-34)12-20(17)32(35)36/h1-12,14,34H,13H2,(H,30,33)(H2,26,27,28). The predicted molar refractivity (Wildman–Crippen MR) is 133 cm³/mol. The second kappa shape index (κ2) is 9.71. The summed E-state index contributed by atoms with van der Waals surface area (Å²) >= 11 is 0. The first-order valence-electron chi connectivity index (χ1n) is 11.0. The molecule has 0 fully saturated rings.